The van der Waals surface area contributed by atoms with Gasteiger partial charge in [-0.3, -0.25) is 13.8 Å². The number of carbonyl (C=O) groups is 1. The SMILES string of the molecule is CCCC/C=C/CC/C=C/C(O)C(COP(=O)(O)OC1C(O)C(O)C(O)C(O)C1O)NC(=O)CC(O)CCCCCCCCCCCCCC. The van der Waals surface area contributed by atoms with E-state index in [1.807, 2.05) is 6.08 Å². The molecule has 8 atom stereocenters. The maximum Gasteiger partial charge on any atom is 0.472 e. The number of unbranched alkanes of at least 4 members (excludes halogenated alkanes) is 14. The second-order valence-corrected chi connectivity index (χ2v) is 15.0. The first-order chi connectivity index (χ1) is 23.8. The Kier molecular flexibility index (Phi) is 25.6. The van der Waals surface area contributed by atoms with Gasteiger partial charge in [0.1, 0.15) is 36.6 Å². The van der Waals surface area contributed by atoms with E-state index in [9.17, 15) is 50.0 Å². The van der Waals surface area contributed by atoms with Gasteiger partial charge < -0.3 is 46.0 Å². The molecular weight excluding hydrogens is 669 g/mol. The monoisotopic (exact) mass is 737 g/mol. The molecule has 0 aliphatic heterocycles. The number of nitrogens with one attached hydrogen (secondary N) is 1. The minimum Gasteiger partial charge on any atom is -0.393 e. The molecule has 8 unspecified atom stereocenters. The van der Waals surface area contributed by atoms with Gasteiger partial charge in [0.2, 0.25) is 5.91 Å². The van der Waals surface area contributed by atoms with Crippen LogP contribution in [0.5, 0.6) is 0 Å². The van der Waals surface area contributed by atoms with E-state index < -0.39 is 75.2 Å². The number of hydrogen-bond donors (Lipinski definition) is 9. The van der Waals surface area contributed by atoms with Crippen molar-refractivity contribution in [2.75, 3.05) is 6.61 Å². The van der Waals surface area contributed by atoms with Gasteiger partial charge in [-0.25, -0.2) is 4.57 Å². The first kappa shape index (κ1) is 46.8. The second-order valence-electron chi connectivity index (χ2n) is 13.6. The van der Waals surface area contributed by atoms with Gasteiger partial charge in [0, 0.05) is 0 Å². The summed E-state index contributed by atoms with van der Waals surface area (Å²) in [7, 11) is -5.13. The van der Waals surface area contributed by atoms with Crippen molar-refractivity contribution in [3.63, 3.8) is 0 Å². The number of phosphoric ester groups is 1. The summed E-state index contributed by atoms with van der Waals surface area (Å²) < 4.78 is 22.6. The number of allylic oxidation sites excluding steroid dienone is 3. The Morgan fingerprint density at radius 2 is 1.18 bits per heavy atom. The molecule has 50 heavy (non-hydrogen) atoms. The number of aliphatic hydroxyl groups excluding tert-OH is 7. The van der Waals surface area contributed by atoms with E-state index in [1.165, 1.54) is 57.4 Å². The van der Waals surface area contributed by atoms with Gasteiger partial charge in [-0.1, -0.05) is 128 Å². The van der Waals surface area contributed by atoms with Crippen molar-refractivity contribution in [3.05, 3.63) is 24.3 Å². The van der Waals surface area contributed by atoms with Crippen LogP contribution in [-0.4, -0.2) is 108 Å². The Balaban J connectivity index is 2.65. The van der Waals surface area contributed by atoms with Crippen LogP contribution in [0.3, 0.4) is 0 Å². The smallest absolute Gasteiger partial charge is 0.393 e. The van der Waals surface area contributed by atoms with Crippen molar-refractivity contribution in [2.45, 2.75) is 191 Å². The molecule has 1 fully saturated rings. The summed E-state index contributed by atoms with van der Waals surface area (Å²) >= 11 is 0. The van der Waals surface area contributed by atoms with Crippen molar-refractivity contribution >= 4 is 13.7 Å². The van der Waals surface area contributed by atoms with Crippen molar-refractivity contribution in [1.82, 2.24) is 5.32 Å². The van der Waals surface area contributed by atoms with E-state index in [0.717, 1.165) is 51.4 Å². The molecule has 0 spiro atoms. The van der Waals surface area contributed by atoms with Crippen LogP contribution in [0.2, 0.25) is 0 Å². The van der Waals surface area contributed by atoms with Gasteiger partial charge in [0.05, 0.1) is 31.3 Å². The Morgan fingerprint density at radius 1 is 0.700 bits per heavy atom. The fourth-order valence-corrected chi connectivity index (χ4v) is 6.80. The summed E-state index contributed by atoms with van der Waals surface area (Å²) in [5, 5.41) is 73.8. The fraction of sp³-hybridized carbons (Fsp3) is 0.861. The Bertz CT molecular complexity index is 969. The maximum absolute atomic E-state index is 12.8. The Labute approximate surface area is 299 Å². The highest BCUT2D eigenvalue weighted by molar-refractivity contribution is 7.47. The highest BCUT2D eigenvalue weighted by Crippen LogP contribution is 2.47. The van der Waals surface area contributed by atoms with Crippen LogP contribution < -0.4 is 5.32 Å². The van der Waals surface area contributed by atoms with E-state index in [4.69, 9.17) is 9.05 Å². The summed E-state index contributed by atoms with van der Waals surface area (Å²) in [5.74, 6) is -0.608. The van der Waals surface area contributed by atoms with Crippen molar-refractivity contribution < 1.29 is 59.0 Å². The molecule has 13 nitrogen and oxygen atoms in total. The summed E-state index contributed by atoms with van der Waals surface area (Å²) in [5.41, 5.74) is 0. The molecule has 14 heteroatoms. The van der Waals surface area contributed by atoms with Crippen LogP contribution in [0.4, 0.5) is 0 Å². The lowest BCUT2D eigenvalue weighted by Gasteiger charge is -2.41. The molecule has 9 N–H and O–H groups in total. The predicted octanol–water partition coefficient (Wildman–Crippen LogP) is 4.08. The van der Waals surface area contributed by atoms with E-state index in [1.54, 1.807) is 6.08 Å². The molecule has 1 saturated carbocycles. The third kappa shape index (κ3) is 20.1. The van der Waals surface area contributed by atoms with Crippen LogP contribution in [-0.2, 0) is 18.4 Å². The van der Waals surface area contributed by atoms with Crippen LogP contribution in [0.1, 0.15) is 136 Å². The average molecular weight is 738 g/mol. The van der Waals surface area contributed by atoms with Gasteiger partial charge in [-0.2, -0.15) is 0 Å². The van der Waals surface area contributed by atoms with Crippen LogP contribution in [0.15, 0.2) is 24.3 Å². The molecule has 0 aromatic heterocycles. The molecule has 1 amide bonds. The van der Waals surface area contributed by atoms with Gasteiger partial charge >= 0.3 is 7.82 Å². The van der Waals surface area contributed by atoms with Gasteiger partial charge in [0.25, 0.3) is 0 Å². The highest BCUT2D eigenvalue weighted by atomic mass is 31.2. The minimum atomic E-state index is -5.13. The summed E-state index contributed by atoms with van der Waals surface area (Å²) in [4.78, 5) is 23.2. The molecule has 0 aromatic rings. The molecule has 0 saturated heterocycles. The van der Waals surface area contributed by atoms with Crippen LogP contribution in [0, 0.1) is 0 Å². The lowest BCUT2D eigenvalue weighted by atomic mass is 9.85. The number of amides is 1. The lowest BCUT2D eigenvalue weighted by molar-refractivity contribution is -0.220. The average Bonchev–Trinajstić information content (AvgIpc) is 3.08. The molecule has 1 rings (SSSR count). The number of aliphatic hydroxyl groups is 7. The molecule has 294 valence electrons. The molecule has 0 heterocycles. The molecule has 0 radical (unpaired) electrons. The van der Waals surface area contributed by atoms with E-state index in [-0.39, 0.29) is 6.42 Å². The van der Waals surface area contributed by atoms with Crippen LogP contribution >= 0.6 is 7.82 Å². The number of phosphoric acid groups is 1. The van der Waals surface area contributed by atoms with Crippen molar-refractivity contribution in [1.29, 1.82) is 0 Å². The number of rotatable bonds is 29. The summed E-state index contributed by atoms with van der Waals surface area (Å²) in [6, 6.07) is -1.25. The maximum atomic E-state index is 12.8. The zero-order chi connectivity index (χ0) is 37.4. The van der Waals surface area contributed by atoms with Crippen molar-refractivity contribution in [3.8, 4) is 0 Å². The predicted molar refractivity (Wildman–Crippen MR) is 192 cm³/mol. The number of hydrogen-bond acceptors (Lipinski definition) is 11. The van der Waals surface area contributed by atoms with Gasteiger partial charge in [-0.15, -0.1) is 0 Å². The quantitative estimate of drug-likeness (QED) is 0.0301. The van der Waals surface area contributed by atoms with Crippen molar-refractivity contribution in [2.24, 2.45) is 0 Å². The topological polar surface area (TPSA) is 226 Å². The summed E-state index contributed by atoms with van der Waals surface area (Å²) in [6.07, 6.45) is 11.8. The molecule has 0 aromatic carbocycles. The lowest BCUT2D eigenvalue weighted by Crippen LogP contribution is -2.64. The summed E-state index contributed by atoms with van der Waals surface area (Å²) in [6.45, 7) is 3.58. The second kappa shape index (κ2) is 27.4. The van der Waals surface area contributed by atoms with Crippen LogP contribution in [0.25, 0.3) is 0 Å². The van der Waals surface area contributed by atoms with E-state index in [0.29, 0.717) is 12.8 Å². The fourth-order valence-electron chi connectivity index (χ4n) is 5.83. The minimum absolute atomic E-state index is 0.251. The normalized spacial score (nSPS) is 25.9. The van der Waals surface area contributed by atoms with Gasteiger partial charge in [-0.05, 0) is 25.7 Å². The zero-order valence-electron chi connectivity index (χ0n) is 30.3. The Hall–Kier alpha value is -1.22. The Morgan fingerprint density at radius 3 is 1.74 bits per heavy atom. The van der Waals surface area contributed by atoms with Gasteiger partial charge in [0.15, 0.2) is 0 Å². The standard InChI is InChI=1S/C36H68NO12P/c1-3-5-7-9-11-13-14-15-16-17-19-21-23-27(38)25-30(40)37-28(29(39)24-22-20-18-12-10-8-6-4-2)26-48-50(46,47)49-36-34(44)32(42)31(41)33(43)35(36)45/h10,12,22,24,27-29,31-36,38-39,41-45H,3-9,11,13-21,23,25-26H2,1-2H3,(H,37,40)(H,46,47)/b12-10+,24-22+. The third-order valence-electron chi connectivity index (χ3n) is 9.04. The first-order valence-corrected chi connectivity index (χ1v) is 20.4. The molecule has 1 aliphatic carbocycles. The number of carbonyl (C=O) groups excluding carboxylic acids is 1. The zero-order valence-corrected chi connectivity index (χ0v) is 31.2. The third-order valence-corrected chi connectivity index (χ3v) is 10.0. The highest BCUT2D eigenvalue weighted by Gasteiger charge is 2.51. The molecular formula is C36H68NO12P. The van der Waals surface area contributed by atoms with E-state index in [2.05, 4.69) is 25.2 Å². The molecule has 0 bridgehead atoms. The van der Waals surface area contributed by atoms with E-state index >= 15 is 0 Å². The largest absolute Gasteiger partial charge is 0.472 e. The molecule has 1 aliphatic rings. The first-order valence-electron chi connectivity index (χ1n) is 18.9.